The third-order valence-electron chi connectivity index (χ3n) is 2.72. The van der Waals surface area contributed by atoms with Gasteiger partial charge in [0.1, 0.15) is 5.56 Å². The van der Waals surface area contributed by atoms with E-state index >= 15 is 0 Å². The maximum Gasteiger partial charge on any atom is 0.280 e. The van der Waals surface area contributed by atoms with Crippen LogP contribution in [0, 0.1) is 10.1 Å². The molecule has 21 heavy (non-hydrogen) atoms. The Morgan fingerprint density at radius 2 is 1.67 bits per heavy atom. The summed E-state index contributed by atoms with van der Waals surface area (Å²) >= 11 is 6.54. The van der Waals surface area contributed by atoms with Crippen LogP contribution in [0.2, 0.25) is 0 Å². The fraction of sp³-hybridized carbons (Fsp3) is 0. The average Bonchev–Trinajstić information content (AvgIpc) is 2.46. The lowest BCUT2D eigenvalue weighted by Crippen LogP contribution is -2.01. The highest BCUT2D eigenvalue weighted by Crippen LogP contribution is 2.24. The van der Waals surface area contributed by atoms with Gasteiger partial charge in [0, 0.05) is 15.0 Å². The summed E-state index contributed by atoms with van der Waals surface area (Å²) in [5, 5.41) is 11.0. The van der Waals surface area contributed by atoms with Crippen LogP contribution in [0.3, 0.4) is 0 Å². The second-order valence-corrected chi connectivity index (χ2v) is 6.00. The number of nitro benzene ring substituents is 1. The summed E-state index contributed by atoms with van der Waals surface area (Å²) in [5.41, 5.74) is 0.690. The topological polar surface area (TPSA) is 60.2 Å². The molecular weight excluding hydrogens is 402 g/mol. The quantitative estimate of drug-likeness (QED) is 0.308. The smallest absolute Gasteiger partial charge is 0.280 e. The van der Waals surface area contributed by atoms with Crippen LogP contribution >= 0.6 is 31.9 Å². The van der Waals surface area contributed by atoms with E-state index in [9.17, 15) is 14.9 Å². The normalized spacial score (nSPS) is 10.8. The zero-order chi connectivity index (χ0) is 15.4. The predicted octanol–water partition coefficient (Wildman–Crippen LogP) is 5.02. The number of hydrogen-bond acceptors (Lipinski definition) is 3. The van der Waals surface area contributed by atoms with Crippen molar-refractivity contribution in [1.29, 1.82) is 0 Å². The van der Waals surface area contributed by atoms with Gasteiger partial charge in [0.25, 0.3) is 5.69 Å². The van der Waals surface area contributed by atoms with E-state index in [1.165, 1.54) is 24.3 Å². The number of rotatable bonds is 4. The summed E-state index contributed by atoms with van der Waals surface area (Å²) in [5.74, 6) is -0.411. The fourth-order valence-corrected chi connectivity index (χ4v) is 2.33. The first-order chi connectivity index (χ1) is 9.97. The maximum atomic E-state index is 12.1. The molecular formula is C15H9Br2NO3. The number of benzene rings is 2. The summed E-state index contributed by atoms with van der Waals surface area (Å²) in [4.78, 5) is 22.5. The highest BCUT2D eigenvalue weighted by Gasteiger charge is 2.18. The summed E-state index contributed by atoms with van der Waals surface area (Å²) in [6.07, 6.45) is 2.96. The van der Waals surface area contributed by atoms with Crippen LogP contribution in [0.15, 0.2) is 57.5 Å². The number of allylic oxidation sites excluding steroid dienone is 1. The first-order valence-electron chi connectivity index (χ1n) is 5.89. The van der Waals surface area contributed by atoms with E-state index < -0.39 is 10.7 Å². The molecule has 0 unspecified atom stereocenters. The average molecular weight is 411 g/mol. The van der Waals surface area contributed by atoms with E-state index in [-0.39, 0.29) is 11.3 Å². The van der Waals surface area contributed by atoms with Gasteiger partial charge in [0.2, 0.25) is 0 Å². The first kappa shape index (κ1) is 15.6. The lowest BCUT2D eigenvalue weighted by Gasteiger charge is -2.00. The van der Waals surface area contributed by atoms with E-state index in [4.69, 9.17) is 0 Å². The van der Waals surface area contributed by atoms with Gasteiger partial charge in [-0.05, 0) is 35.9 Å². The van der Waals surface area contributed by atoms with Gasteiger partial charge in [-0.25, -0.2) is 0 Å². The van der Waals surface area contributed by atoms with E-state index in [1.807, 2.05) is 24.3 Å². The van der Waals surface area contributed by atoms with Crippen molar-refractivity contribution in [1.82, 2.24) is 0 Å². The minimum Gasteiger partial charge on any atom is -0.289 e. The van der Waals surface area contributed by atoms with Crippen LogP contribution in [0.1, 0.15) is 15.9 Å². The van der Waals surface area contributed by atoms with Crippen molar-refractivity contribution in [2.75, 3.05) is 0 Å². The molecule has 0 spiro atoms. The van der Waals surface area contributed by atoms with Gasteiger partial charge >= 0.3 is 0 Å². The van der Waals surface area contributed by atoms with E-state index in [1.54, 1.807) is 6.08 Å². The standard InChI is InChI=1S/C15H9Br2NO3/c16-11-4-1-10(2-5-11)3-8-15(19)13-9-12(17)6-7-14(13)18(20)21/h1-9H/b8-3+. The van der Waals surface area contributed by atoms with Gasteiger partial charge < -0.3 is 0 Å². The third-order valence-corrected chi connectivity index (χ3v) is 3.74. The summed E-state index contributed by atoms with van der Waals surface area (Å²) in [6.45, 7) is 0. The summed E-state index contributed by atoms with van der Waals surface area (Å²) in [6, 6.07) is 11.7. The molecule has 106 valence electrons. The van der Waals surface area contributed by atoms with E-state index in [0.29, 0.717) is 4.47 Å². The summed E-state index contributed by atoms with van der Waals surface area (Å²) < 4.78 is 1.56. The second kappa shape index (κ2) is 6.78. The first-order valence-corrected chi connectivity index (χ1v) is 7.48. The van der Waals surface area contributed by atoms with Gasteiger partial charge in [-0.2, -0.15) is 0 Å². The van der Waals surface area contributed by atoms with Gasteiger partial charge in [0.15, 0.2) is 5.78 Å². The van der Waals surface area contributed by atoms with Crippen molar-refractivity contribution in [2.24, 2.45) is 0 Å². The van der Waals surface area contributed by atoms with Crippen LogP contribution < -0.4 is 0 Å². The molecule has 0 saturated heterocycles. The molecule has 0 saturated carbocycles. The Kier molecular flexibility index (Phi) is 5.03. The monoisotopic (exact) mass is 409 g/mol. The Bertz CT molecular complexity index is 724. The number of halogens is 2. The number of carbonyl (C=O) groups is 1. The molecule has 0 aliphatic heterocycles. The third kappa shape index (κ3) is 4.09. The minimum atomic E-state index is -0.562. The Balaban J connectivity index is 2.30. The van der Waals surface area contributed by atoms with Crippen LogP contribution in [-0.2, 0) is 0 Å². The van der Waals surface area contributed by atoms with Crippen molar-refractivity contribution < 1.29 is 9.72 Å². The van der Waals surface area contributed by atoms with E-state index in [0.717, 1.165) is 10.0 Å². The van der Waals surface area contributed by atoms with Crippen molar-refractivity contribution in [3.05, 3.63) is 78.7 Å². The molecule has 0 N–H and O–H groups in total. The van der Waals surface area contributed by atoms with Crippen LogP contribution in [0.25, 0.3) is 6.08 Å². The van der Waals surface area contributed by atoms with Crippen LogP contribution in [0.4, 0.5) is 5.69 Å². The SMILES string of the molecule is O=C(/C=C/c1ccc(Br)cc1)c1cc(Br)ccc1[N+](=O)[O-]. The molecule has 0 amide bonds. The molecule has 0 fully saturated rings. The Labute approximate surface area is 137 Å². The molecule has 2 rings (SSSR count). The zero-order valence-electron chi connectivity index (χ0n) is 10.6. The Morgan fingerprint density at radius 3 is 2.29 bits per heavy atom. The molecule has 0 heterocycles. The Hall–Kier alpha value is -1.79. The Morgan fingerprint density at radius 1 is 1.05 bits per heavy atom. The lowest BCUT2D eigenvalue weighted by molar-refractivity contribution is -0.385. The van der Waals surface area contributed by atoms with Gasteiger partial charge in [0.05, 0.1) is 4.92 Å². The molecule has 0 aliphatic carbocycles. The molecule has 2 aromatic carbocycles. The number of nitro groups is 1. The van der Waals surface area contributed by atoms with E-state index in [2.05, 4.69) is 31.9 Å². The molecule has 0 radical (unpaired) electrons. The summed E-state index contributed by atoms with van der Waals surface area (Å²) in [7, 11) is 0. The molecule has 0 aliphatic rings. The molecule has 0 aromatic heterocycles. The molecule has 0 bridgehead atoms. The van der Waals surface area contributed by atoms with Crippen LogP contribution in [-0.4, -0.2) is 10.7 Å². The number of ketones is 1. The molecule has 2 aromatic rings. The number of nitrogens with zero attached hydrogens (tertiary/aromatic N) is 1. The van der Waals surface area contributed by atoms with Gasteiger partial charge in [-0.1, -0.05) is 50.1 Å². The number of carbonyl (C=O) groups excluding carboxylic acids is 1. The van der Waals surface area contributed by atoms with Crippen molar-refractivity contribution in [2.45, 2.75) is 0 Å². The molecule has 0 atom stereocenters. The van der Waals surface area contributed by atoms with Crippen molar-refractivity contribution >= 4 is 49.4 Å². The maximum absolute atomic E-state index is 12.1. The predicted molar refractivity (Wildman–Crippen MR) is 88.3 cm³/mol. The minimum absolute atomic E-state index is 0.0581. The van der Waals surface area contributed by atoms with Crippen molar-refractivity contribution in [3.8, 4) is 0 Å². The lowest BCUT2D eigenvalue weighted by atomic mass is 10.1. The highest BCUT2D eigenvalue weighted by molar-refractivity contribution is 9.10. The van der Waals surface area contributed by atoms with Gasteiger partial charge in [-0.15, -0.1) is 0 Å². The van der Waals surface area contributed by atoms with Crippen molar-refractivity contribution in [3.63, 3.8) is 0 Å². The molecule has 4 nitrogen and oxygen atoms in total. The van der Waals surface area contributed by atoms with Gasteiger partial charge in [-0.3, -0.25) is 14.9 Å². The number of hydrogen-bond donors (Lipinski definition) is 0. The second-order valence-electron chi connectivity index (χ2n) is 4.17. The fourth-order valence-electron chi connectivity index (χ4n) is 1.70. The van der Waals surface area contributed by atoms with Crippen LogP contribution in [0.5, 0.6) is 0 Å². The zero-order valence-corrected chi connectivity index (χ0v) is 13.8. The largest absolute Gasteiger partial charge is 0.289 e. The highest BCUT2D eigenvalue weighted by atomic mass is 79.9. The molecule has 6 heteroatoms.